The van der Waals surface area contributed by atoms with Crippen LogP contribution in [-0.2, 0) is 0 Å². The minimum Gasteiger partial charge on any atom is -0.435 e. The van der Waals surface area contributed by atoms with Gasteiger partial charge in [0.05, 0.1) is 0 Å². The van der Waals surface area contributed by atoms with E-state index in [1.54, 1.807) is 12.1 Å². The zero-order valence-corrected chi connectivity index (χ0v) is 11.4. The second-order valence-corrected chi connectivity index (χ2v) is 5.52. The molecule has 5 heteroatoms. The van der Waals surface area contributed by atoms with E-state index in [1.165, 1.54) is 18.4 Å². The fourth-order valence-corrected chi connectivity index (χ4v) is 3.00. The van der Waals surface area contributed by atoms with E-state index in [4.69, 9.17) is 0 Å². The highest BCUT2D eigenvalue weighted by Gasteiger charge is 2.36. The molecular weight excluding hydrogens is 262 g/mol. The van der Waals surface area contributed by atoms with Crippen LogP contribution >= 0.6 is 0 Å². The average Bonchev–Trinajstić information content (AvgIpc) is 3.26. The number of benzene rings is 1. The van der Waals surface area contributed by atoms with Gasteiger partial charge >= 0.3 is 6.61 Å². The number of nitrogens with one attached hydrogen (secondary N) is 1. The highest BCUT2D eigenvalue weighted by atomic mass is 19.3. The zero-order valence-electron chi connectivity index (χ0n) is 11.4. The molecular formula is C15H20F2N2O. The summed E-state index contributed by atoms with van der Waals surface area (Å²) in [7, 11) is 0. The Morgan fingerprint density at radius 1 is 1.10 bits per heavy atom. The monoisotopic (exact) mass is 282 g/mol. The molecule has 0 aromatic heterocycles. The number of hydrogen-bond acceptors (Lipinski definition) is 3. The van der Waals surface area contributed by atoms with Gasteiger partial charge in [-0.05, 0) is 36.5 Å². The SMILES string of the molecule is FC(F)Oc1ccc([C@@H](C2CC2)N2CCNCC2)cc1. The van der Waals surface area contributed by atoms with E-state index >= 15 is 0 Å². The van der Waals surface area contributed by atoms with Crippen LogP contribution in [0.2, 0.25) is 0 Å². The number of nitrogens with zero attached hydrogens (tertiary/aromatic N) is 1. The molecule has 0 spiro atoms. The van der Waals surface area contributed by atoms with Gasteiger partial charge in [-0.15, -0.1) is 0 Å². The molecule has 0 bridgehead atoms. The van der Waals surface area contributed by atoms with Crippen LogP contribution in [0.15, 0.2) is 24.3 Å². The largest absolute Gasteiger partial charge is 0.435 e. The molecule has 1 aliphatic carbocycles. The smallest absolute Gasteiger partial charge is 0.387 e. The van der Waals surface area contributed by atoms with Gasteiger partial charge in [0.25, 0.3) is 0 Å². The van der Waals surface area contributed by atoms with Crippen molar-refractivity contribution >= 4 is 0 Å². The second kappa shape index (κ2) is 6.06. The third-order valence-electron chi connectivity index (χ3n) is 4.06. The van der Waals surface area contributed by atoms with Gasteiger partial charge in [0.2, 0.25) is 0 Å². The molecule has 1 aliphatic heterocycles. The molecule has 3 rings (SSSR count). The molecule has 1 aromatic rings. The molecule has 1 saturated heterocycles. The van der Waals surface area contributed by atoms with Crippen molar-refractivity contribution < 1.29 is 13.5 Å². The molecule has 1 saturated carbocycles. The van der Waals surface area contributed by atoms with Gasteiger partial charge in [0.15, 0.2) is 0 Å². The number of halogens is 2. The first kappa shape index (κ1) is 13.8. The molecule has 1 heterocycles. The van der Waals surface area contributed by atoms with E-state index in [-0.39, 0.29) is 5.75 Å². The van der Waals surface area contributed by atoms with Crippen molar-refractivity contribution in [3.8, 4) is 5.75 Å². The summed E-state index contributed by atoms with van der Waals surface area (Å²) < 4.78 is 28.8. The Morgan fingerprint density at radius 2 is 1.75 bits per heavy atom. The van der Waals surface area contributed by atoms with E-state index < -0.39 is 6.61 Å². The van der Waals surface area contributed by atoms with Crippen molar-refractivity contribution in [2.45, 2.75) is 25.5 Å². The molecule has 2 aliphatic rings. The van der Waals surface area contributed by atoms with E-state index in [0.29, 0.717) is 6.04 Å². The third-order valence-corrected chi connectivity index (χ3v) is 4.06. The number of ether oxygens (including phenoxy) is 1. The van der Waals surface area contributed by atoms with Crippen molar-refractivity contribution in [1.82, 2.24) is 10.2 Å². The normalized spacial score (nSPS) is 21.9. The standard InChI is InChI=1S/C15H20F2N2O/c16-15(17)20-13-5-3-12(4-6-13)14(11-1-2-11)19-9-7-18-8-10-19/h3-6,11,14-15,18H,1-2,7-10H2/t14-/m1/s1. The summed E-state index contributed by atoms with van der Waals surface area (Å²) in [5.74, 6) is 0.952. The Kier molecular flexibility index (Phi) is 4.17. The lowest BCUT2D eigenvalue weighted by molar-refractivity contribution is -0.0498. The Hall–Kier alpha value is -1.20. The van der Waals surface area contributed by atoms with Crippen LogP contribution in [0.3, 0.4) is 0 Å². The quantitative estimate of drug-likeness (QED) is 0.898. The van der Waals surface area contributed by atoms with Gasteiger partial charge < -0.3 is 10.1 Å². The maximum absolute atomic E-state index is 12.2. The van der Waals surface area contributed by atoms with Crippen molar-refractivity contribution in [2.24, 2.45) is 5.92 Å². The molecule has 1 N–H and O–H groups in total. The minimum atomic E-state index is -2.76. The molecule has 3 nitrogen and oxygen atoms in total. The van der Waals surface area contributed by atoms with Gasteiger partial charge in [0.1, 0.15) is 5.75 Å². The van der Waals surface area contributed by atoms with Crippen LogP contribution in [0.25, 0.3) is 0 Å². The molecule has 2 fully saturated rings. The van der Waals surface area contributed by atoms with Crippen molar-refractivity contribution in [3.05, 3.63) is 29.8 Å². The summed E-state index contributed by atoms with van der Waals surface area (Å²) in [6.07, 6.45) is 2.54. The van der Waals surface area contributed by atoms with Crippen LogP contribution < -0.4 is 10.1 Å². The highest BCUT2D eigenvalue weighted by Crippen LogP contribution is 2.44. The number of piperazine rings is 1. The lowest BCUT2D eigenvalue weighted by Crippen LogP contribution is -2.45. The van der Waals surface area contributed by atoms with Crippen LogP contribution in [-0.4, -0.2) is 37.7 Å². The van der Waals surface area contributed by atoms with Gasteiger partial charge in [0, 0.05) is 32.2 Å². The number of alkyl halides is 2. The third kappa shape index (κ3) is 3.27. The van der Waals surface area contributed by atoms with Crippen LogP contribution in [0.4, 0.5) is 8.78 Å². The first-order valence-corrected chi connectivity index (χ1v) is 7.23. The summed E-state index contributed by atoms with van der Waals surface area (Å²) in [4.78, 5) is 2.51. The summed E-state index contributed by atoms with van der Waals surface area (Å²) in [5.41, 5.74) is 1.22. The summed E-state index contributed by atoms with van der Waals surface area (Å²) in [6, 6.07) is 7.60. The average molecular weight is 282 g/mol. The van der Waals surface area contributed by atoms with Gasteiger partial charge in [-0.2, -0.15) is 8.78 Å². The lowest BCUT2D eigenvalue weighted by atomic mass is 9.99. The number of hydrogen-bond donors (Lipinski definition) is 1. The molecule has 0 unspecified atom stereocenters. The van der Waals surface area contributed by atoms with Gasteiger partial charge in [-0.1, -0.05) is 12.1 Å². The summed E-state index contributed by atoms with van der Waals surface area (Å²) >= 11 is 0. The van der Waals surface area contributed by atoms with Crippen molar-refractivity contribution in [2.75, 3.05) is 26.2 Å². The van der Waals surface area contributed by atoms with Crippen molar-refractivity contribution in [3.63, 3.8) is 0 Å². The topological polar surface area (TPSA) is 24.5 Å². The van der Waals surface area contributed by atoms with E-state index in [0.717, 1.165) is 32.1 Å². The summed E-state index contributed by atoms with van der Waals surface area (Å²) in [5, 5.41) is 3.37. The van der Waals surface area contributed by atoms with Crippen LogP contribution in [0.5, 0.6) is 5.75 Å². The van der Waals surface area contributed by atoms with Gasteiger partial charge in [-0.3, -0.25) is 4.90 Å². The molecule has 20 heavy (non-hydrogen) atoms. The fraction of sp³-hybridized carbons (Fsp3) is 0.600. The molecule has 1 atom stereocenters. The lowest BCUT2D eigenvalue weighted by Gasteiger charge is -2.35. The first-order chi connectivity index (χ1) is 9.74. The Labute approximate surface area is 117 Å². The number of rotatable bonds is 5. The Bertz CT molecular complexity index is 428. The van der Waals surface area contributed by atoms with Crippen molar-refractivity contribution in [1.29, 1.82) is 0 Å². The summed E-state index contributed by atoms with van der Waals surface area (Å²) in [6.45, 7) is 1.40. The molecule has 0 radical (unpaired) electrons. The van der Waals surface area contributed by atoms with Gasteiger partial charge in [-0.25, -0.2) is 0 Å². The maximum atomic E-state index is 12.2. The van der Waals surface area contributed by atoms with E-state index in [2.05, 4.69) is 15.0 Å². The predicted octanol–water partition coefficient (Wildman–Crippen LogP) is 2.64. The zero-order chi connectivity index (χ0) is 13.9. The predicted molar refractivity (Wildman–Crippen MR) is 73.0 cm³/mol. The molecule has 110 valence electrons. The highest BCUT2D eigenvalue weighted by molar-refractivity contribution is 5.30. The first-order valence-electron chi connectivity index (χ1n) is 7.23. The molecule has 1 aromatic carbocycles. The van der Waals surface area contributed by atoms with Crippen LogP contribution in [0.1, 0.15) is 24.4 Å². The Morgan fingerprint density at radius 3 is 2.30 bits per heavy atom. The molecule has 0 amide bonds. The second-order valence-electron chi connectivity index (χ2n) is 5.52. The maximum Gasteiger partial charge on any atom is 0.387 e. The minimum absolute atomic E-state index is 0.235. The Balaban J connectivity index is 1.73. The van der Waals surface area contributed by atoms with Crippen LogP contribution in [0, 0.1) is 5.92 Å². The van der Waals surface area contributed by atoms with E-state index in [1.807, 2.05) is 12.1 Å². The fourth-order valence-electron chi connectivity index (χ4n) is 3.00. The van der Waals surface area contributed by atoms with E-state index in [9.17, 15) is 8.78 Å².